The monoisotopic (exact) mass is 248 g/mol. The van der Waals surface area contributed by atoms with E-state index in [0.717, 1.165) is 49.4 Å². The number of hydrogen-bond donors (Lipinski definition) is 1. The molecule has 0 radical (unpaired) electrons. The summed E-state index contributed by atoms with van der Waals surface area (Å²) in [6.07, 6.45) is 9.67. The Bertz CT molecular complexity index is 431. The van der Waals surface area contributed by atoms with E-state index in [4.69, 9.17) is 2.74 Å². The number of allylic oxidation sites excluding steroid dienone is 1. The van der Waals surface area contributed by atoms with Crippen molar-refractivity contribution in [3.05, 3.63) is 11.6 Å². The minimum Gasteiger partial charge on any atom is -0.393 e. The van der Waals surface area contributed by atoms with Gasteiger partial charge in [-0.15, -0.1) is 0 Å². The Morgan fingerprint density at radius 3 is 2.94 bits per heavy atom. The summed E-state index contributed by atoms with van der Waals surface area (Å²) in [6, 6.07) is 0. The Labute approximate surface area is 113 Å². The summed E-state index contributed by atoms with van der Waals surface area (Å²) < 4.78 is 16.0. The van der Waals surface area contributed by atoms with E-state index >= 15 is 0 Å². The van der Waals surface area contributed by atoms with Gasteiger partial charge in [0.25, 0.3) is 0 Å². The third-order valence-electron chi connectivity index (χ3n) is 6.28. The van der Waals surface area contributed by atoms with Crippen LogP contribution < -0.4 is 0 Å². The molecule has 0 aromatic heterocycles. The van der Waals surface area contributed by atoms with Crippen LogP contribution in [0.25, 0.3) is 0 Å². The zero-order chi connectivity index (χ0) is 13.9. The van der Waals surface area contributed by atoms with E-state index < -0.39 is 6.08 Å². The number of hydrogen-bond acceptors (Lipinski definition) is 1. The lowest BCUT2D eigenvalue weighted by Crippen LogP contribution is -2.40. The Hall–Kier alpha value is -0.300. The molecule has 0 aliphatic heterocycles. The first kappa shape index (κ1) is 9.58. The molecule has 0 aromatic rings. The van der Waals surface area contributed by atoms with Crippen molar-refractivity contribution in [1.29, 1.82) is 0 Å². The maximum atomic E-state index is 10.00. The molecule has 1 nitrogen and oxygen atoms in total. The van der Waals surface area contributed by atoms with Gasteiger partial charge in [0.05, 0.1) is 7.45 Å². The molecular weight excluding hydrogens is 220 g/mol. The summed E-state index contributed by atoms with van der Waals surface area (Å²) in [4.78, 5) is 0. The van der Waals surface area contributed by atoms with Gasteiger partial charge in [0.1, 0.15) is 0 Å². The van der Waals surface area contributed by atoms with Crippen LogP contribution in [0.5, 0.6) is 0 Å². The van der Waals surface area contributed by atoms with Gasteiger partial charge in [-0.2, -0.15) is 0 Å². The fourth-order valence-electron chi connectivity index (χ4n) is 5.48. The van der Waals surface area contributed by atoms with Crippen molar-refractivity contribution in [2.24, 2.45) is 29.6 Å². The van der Waals surface area contributed by atoms with Crippen LogP contribution in [0.3, 0.4) is 0 Å². The van der Waals surface area contributed by atoms with E-state index in [1.807, 2.05) is 0 Å². The van der Waals surface area contributed by atoms with Crippen molar-refractivity contribution in [2.45, 2.75) is 63.8 Å². The summed E-state index contributed by atoms with van der Waals surface area (Å²) in [5, 5.41) is 10.00. The van der Waals surface area contributed by atoms with Crippen LogP contribution in [0, 0.1) is 29.6 Å². The SMILES string of the molecule is [2H]C1CC2CCC3C4CCC([2H])(O)CC4=CCC3C2C1. The van der Waals surface area contributed by atoms with Gasteiger partial charge >= 0.3 is 0 Å². The quantitative estimate of drug-likeness (QED) is 0.644. The van der Waals surface area contributed by atoms with Crippen LogP contribution >= 0.6 is 0 Å². The molecule has 0 bridgehead atoms. The second kappa shape index (κ2) is 4.37. The molecule has 18 heavy (non-hydrogen) atoms. The molecule has 7 atom stereocenters. The van der Waals surface area contributed by atoms with E-state index in [0.29, 0.717) is 18.8 Å². The molecule has 3 saturated carbocycles. The number of rotatable bonds is 0. The zero-order valence-electron chi connectivity index (χ0n) is 13.1. The van der Waals surface area contributed by atoms with E-state index in [9.17, 15) is 5.11 Å². The largest absolute Gasteiger partial charge is 0.393 e. The highest BCUT2D eigenvalue weighted by Gasteiger charge is 2.46. The Balaban J connectivity index is 1.58. The summed E-state index contributed by atoms with van der Waals surface area (Å²) >= 11 is 0. The van der Waals surface area contributed by atoms with Gasteiger partial charge < -0.3 is 5.11 Å². The molecule has 100 valence electrons. The molecule has 7 unspecified atom stereocenters. The lowest BCUT2D eigenvalue weighted by Gasteiger charge is -2.49. The molecule has 4 aliphatic carbocycles. The Morgan fingerprint density at radius 1 is 1.06 bits per heavy atom. The van der Waals surface area contributed by atoms with E-state index in [1.165, 1.54) is 18.4 Å². The zero-order valence-corrected chi connectivity index (χ0v) is 11.1. The van der Waals surface area contributed by atoms with Crippen LogP contribution in [0.1, 0.15) is 60.5 Å². The smallest absolute Gasteiger partial charge is 0.0604 e. The van der Waals surface area contributed by atoms with Gasteiger partial charge in [0.15, 0.2) is 0 Å². The molecule has 1 heteroatoms. The lowest BCUT2D eigenvalue weighted by atomic mass is 9.57. The average molecular weight is 248 g/mol. The maximum absolute atomic E-state index is 10.00. The summed E-state index contributed by atoms with van der Waals surface area (Å²) in [6.45, 7) is 0. The Kier molecular flexibility index (Phi) is 2.32. The lowest BCUT2D eigenvalue weighted by molar-refractivity contribution is 0.0436. The van der Waals surface area contributed by atoms with Gasteiger partial charge in [0, 0.05) is 1.37 Å². The second-order valence-corrected chi connectivity index (χ2v) is 6.99. The standard InChI is InChI=1S/C17H26O/c18-13-6-9-15-12(10-13)5-8-16-14-3-1-2-11(14)4-7-17(15)16/h5,11,13-18H,1-4,6-10H2/i1D,13D. The van der Waals surface area contributed by atoms with Crippen LogP contribution in [-0.4, -0.2) is 11.2 Å². The normalized spacial score (nSPS) is 60.8. The minimum absolute atomic E-state index is 0.193. The van der Waals surface area contributed by atoms with Crippen LogP contribution in [-0.2, 0) is 0 Å². The first-order chi connectivity index (χ1) is 9.53. The molecule has 0 amide bonds. The summed E-state index contributed by atoms with van der Waals surface area (Å²) in [5.41, 5.74) is 1.38. The van der Waals surface area contributed by atoms with Crippen molar-refractivity contribution in [2.75, 3.05) is 0 Å². The van der Waals surface area contributed by atoms with E-state index in [-0.39, 0.29) is 6.40 Å². The molecule has 0 heterocycles. The van der Waals surface area contributed by atoms with Crippen LogP contribution in [0.2, 0.25) is 0 Å². The third kappa shape index (κ3) is 1.70. The van der Waals surface area contributed by atoms with Crippen molar-refractivity contribution >= 4 is 0 Å². The van der Waals surface area contributed by atoms with Crippen LogP contribution in [0.4, 0.5) is 0 Å². The van der Waals surface area contributed by atoms with Gasteiger partial charge in [0.2, 0.25) is 0 Å². The number of fused-ring (bicyclic) bond motifs is 5. The molecule has 4 rings (SSSR count). The highest BCUT2D eigenvalue weighted by atomic mass is 16.3. The van der Waals surface area contributed by atoms with Crippen molar-refractivity contribution in [3.63, 3.8) is 0 Å². The van der Waals surface area contributed by atoms with Crippen LogP contribution in [0.15, 0.2) is 11.6 Å². The molecule has 4 aliphatic rings. The molecule has 1 N–H and O–H groups in total. The second-order valence-electron chi connectivity index (χ2n) is 6.99. The molecule has 3 fully saturated rings. The van der Waals surface area contributed by atoms with Crippen molar-refractivity contribution in [3.8, 4) is 0 Å². The number of aliphatic hydroxyl groups is 1. The van der Waals surface area contributed by atoms with Crippen molar-refractivity contribution < 1.29 is 7.85 Å². The molecule has 0 spiro atoms. The van der Waals surface area contributed by atoms with Crippen molar-refractivity contribution in [1.82, 2.24) is 0 Å². The molecule has 0 aromatic carbocycles. The highest BCUT2D eigenvalue weighted by Crippen LogP contribution is 2.56. The first-order valence-electron chi connectivity index (χ1n) is 8.95. The highest BCUT2D eigenvalue weighted by molar-refractivity contribution is 5.18. The Morgan fingerprint density at radius 2 is 2.00 bits per heavy atom. The predicted molar refractivity (Wildman–Crippen MR) is 73.1 cm³/mol. The minimum atomic E-state index is -1.20. The van der Waals surface area contributed by atoms with E-state index in [1.54, 1.807) is 0 Å². The third-order valence-corrected chi connectivity index (χ3v) is 6.28. The topological polar surface area (TPSA) is 20.2 Å². The fraction of sp³-hybridized carbons (Fsp3) is 0.882. The summed E-state index contributed by atoms with van der Waals surface area (Å²) in [7, 11) is 0. The predicted octanol–water partition coefficient (Wildman–Crippen LogP) is 3.92. The summed E-state index contributed by atoms with van der Waals surface area (Å²) in [5.74, 6) is 3.86. The molecule has 0 saturated heterocycles. The average Bonchev–Trinajstić information content (AvgIpc) is 2.77. The molecular formula is C17H26O. The fourth-order valence-corrected chi connectivity index (χ4v) is 5.48. The maximum Gasteiger partial charge on any atom is 0.0604 e. The van der Waals surface area contributed by atoms with Gasteiger partial charge in [-0.3, -0.25) is 0 Å². The van der Waals surface area contributed by atoms with E-state index in [2.05, 4.69) is 6.08 Å². The van der Waals surface area contributed by atoms with Gasteiger partial charge in [-0.05, 0) is 74.5 Å². The van der Waals surface area contributed by atoms with Gasteiger partial charge in [-0.1, -0.05) is 24.5 Å². The van der Waals surface area contributed by atoms with Gasteiger partial charge in [-0.25, -0.2) is 0 Å². The first-order valence-corrected chi connectivity index (χ1v) is 7.87.